The lowest BCUT2D eigenvalue weighted by molar-refractivity contribution is -0.152. The molecule has 1 unspecified atom stereocenters. The zero-order valence-electron chi connectivity index (χ0n) is 18.8. The fourth-order valence-electron chi connectivity index (χ4n) is 4.21. The zero-order valence-corrected chi connectivity index (χ0v) is 18.8. The molecule has 1 atom stereocenters. The van der Waals surface area contributed by atoms with E-state index in [-0.39, 0.29) is 24.2 Å². The molecular weight excluding hydrogens is 408 g/mol. The molecule has 0 saturated heterocycles. The number of rotatable bonds is 8. The molecule has 1 aliphatic carbocycles. The minimum atomic E-state index is -0.514. The predicted octanol–water partition coefficient (Wildman–Crippen LogP) is 2.83. The van der Waals surface area contributed by atoms with Crippen LogP contribution in [-0.4, -0.2) is 46.4 Å². The second-order valence-corrected chi connectivity index (χ2v) is 8.45. The van der Waals surface area contributed by atoms with E-state index in [0.717, 1.165) is 53.7 Å². The molecule has 0 radical (unpaired) electrons. The Hall–Kier alpha value is -2.97. The molecule has 2 N–H and O–H groups in total. The summed E-state index contributed by atoms with van der Waals surface area (Å²) >= 11 is 0. The SMILES string of the molecule is COCC(NCc1ccc2c(c1)nc(-c1c[nH]c(=O)c(C)c1)n2C)C(=O)OC1CCCC1. The molecular formula is C24H30N4O4. The van der Waals surface area contributed by atoms with Gasteiger partial charge in [-0.2, -0.15) is 0 Å². The number of nitrogens with one attached hydrogen (secondary N) is 2. The van der Waals surface area contributed by atoms with Crippen molar-refractivity contribution in [2.45, 2.75) is 51.3 Å². The molecule has 8 heteroatoms. The summed E-state index contributed by atoms with van der Waals surface area (Å²) in [6, 6.07) is 7.37. The number of hydrogen-bond donors (Lipinski definition) is 2. The standard InChI is InChI=1S/C24H30N4O4/c1-15-10-17(13-26-23(15)29)22-27-19-11-16(8-9-21(19)28(22)2)12-25-20(14-31-3)24(30)32-18-6-4-5-7-18/h8-11,13,18,20,25H,4-7,12,14H2,1-3H3,(H,26,29). The average molecular weight is 439 g/mol. The average Bonchev–Trinajstić information content (AvgIpc) is 3.40. The van der Waals surface area contributed by atoms with E-state index in [4.69, 9.17) is 14.5 Å². The van der Waals surface area contributed by atoms with Gasteiger partial charge in [0.15, 0.2) is 0 Å². The van der Waals surface area contributed by atoms with Gasteiger partial charge in [0.1, 0.15) is 18.0 Å². The number of aryl methyl sites for hydroxylation is 2. The number of pyridine rings is 1. The Balaban J connectivity index is 1.49. The molecule has 2 heterocycles. The Kier molecular flexibility index (Phi) is 6.72. The number of hydrogen-bond acceptors (Lipinski definition) is 6. The molecule has 1 aliphatic rings. The maximum Gasteiger partial charge on any atom is 0.325 e. The van der Waals surface area contributed by atoms with Crippen LogP contribution in [0, 0.1) is 6.92 Å². The van der Waals surface area contributed by atoms with Crippen molar-refractivity contribution in [3.05, 3.63) is 51.9 Å². The van der Waals surface area contributed by atoms with Crippen LogP contribution in [0.3, 0.4) is 0 Å². The molecule has 0 amide bonds. The number of H-pyrrole nitrogens is 1. The van der Waals surface area contributed by atoms with Crippen molar-refractivity contribution < 1.29 is 14.3 Å². The van der Waals surface area contributed by atoms with Gasteiger partial charge >= 0.3 is 5.97 Å². The molecule has 1 aromatic carbocycles. The van der Waals surface area contributed by atoms with E-state index in [9.17, 15) is 9.59 Å². The monoisotopic (exact) mass is 438 g/mol. The van der Waals surface area contributed by atoms with E-state index in [1.54, 1.807) is 20.2 Å². The third-order valence-corrected chi connectivity index (χ3v) is 6.05. The van der Waals surface area contributed by atoms with Crippen LogP contribution < -0.4 is 10.9 Å². The Morgan fingerprint density at radius 3 is 2.81 bits per heavy atom. The van der Waals surface area contributed by atoms with Gasteiger partial charge in [0.05, 0.1) is 17.6 Å². The molecule has 0 spiro atoms. The Morgan fingerprint density at radius 1 is 1.31 bits per heavy atom. The van der Waals surface area contributed by atoms with E-state index in [1.165, 1.54) is 0 Å². The maximum atomic E-state index is 12.6. The summed E-state index contributed by atoms with van der Waals surface area (Å²) in [7, 11) is 3.54. The second kappa shape index (κ2) is 9.67. The molecule has 0 bridgehead atoms. The Morgan fingerprint density at radius 2 is 2.09 bits per heavy atom. The molecule has 3 aromatic rings. The van der Waals surface area contributed by atoms with Crippen molar-refractivity contribution in [3.8, 4) is 11.4 Å². The summed E-state index contributed by atoms with van der Waals surface area (Å²) in [5.41, 5.74) is 4.25. The first-order chi connectivity index (χ1) is 15.5. The van der Waals surface area contributed by atoms with E-state index in [0.29, 0.717) is 12.1 Å². The van der Waals surface area contributed by atoms with Crippen molar-refractivity contribution in [2.24, 2.45) is 7.05 Å². The number of carbonyl (C=O) groups excluding carboxylic acids is 1. The van der Waals surface area contributed by atoms with Crippen molar-refractivity contribution in [1.29, 1.82) is 0 Å². The van der Waals surface area contributed by atoms with Crippen molar-refractivity contribution in [1.82, 2.24) is 19.9 Å². The highest BCUT2D eigenvalue weighted by Crippen LogP contribution is 2.24. The van der Waals surface area contributed by atoms with Gasteiger partial charge in [-0.3, -0.25) is 14.9 Å². The molecule has 2 aromatic heterocycles. The number of nitrogens with zero attached hydrogens (tertiary/aromatic N) is 2. The summed E-state index contributed by atoms with van der Waals surface area (Å²) < 4.78 is 12.9. The van der Waals surface area contributed by atoms with Gasteiger partial charge in [0.25, 0.3) is 5.56 Å². The number of aromatic nitrogens is 3. The third-order valence-electron chi connectivity index (χ3n) is 6.05. The smallest absolute Gasteiger partial charge is 0.325 e. The fourth-order valence-corrected chi connectivity index (χ4v) is 4.21. The fraction of sp³-hybridized carbons (Fsp3) is 0.458. The first-order valence-electron chi connectivity index (χ1n) is 11.0. The summed E-state index contributed by atoms with van der Waals surface area (Å²) in [5, 5.41) is 3.27. The normalized spacial score (nSPS) is 15.3. The highest BCUT2D eigenvalue weighted by atomic mass is 16.5. The highest BCUT2D eigenvalue weighted by molar-refractivity contribution is 5.81. The van der Waals surface area contributed by atoms with Crippen LogP contribution in [0.1, 0.15) is 36.8 Å². The van der Waals surface area contributed by atoms with Gasteiger partial charge in [-0.15, -0.1) is 0 Å². The molecule has 170 valence electrons. The third kappa shape index (κ3) is 4.76. The van der Waals surface area contributed by atoms with E-state index < -0.39 is 6.04 Å². The Labute approximate surface area is 187 Å². The van der Waals surface area contributed by atoms with E-state index in [2.05, 4.69) is 10.3 Å². The number of aromatic amines is 1. The second-order valence-electron chi connectivity index (χ2n) is 8.45. The van der Waals surface area contributed by atoms with E-state index in [1.807, 2.05) is 35.9 Å². The quantitative estimate of drug-likeness (QED) is 0.525. The van der Waals surface area contributed by atoms with Crippen molar-refractivity contribution in [2.75, 3.05) is 13.7 Å². The molecule has 1 fully saturated rings. The number of imidazole rings is 1. The molecule has 1 saturated carbocycles. The number of esters is 1. The predicted molar refractivity (Wildman–Crippen MR) is 122 cm³/mol. The zero-order chi connectivity index (χ0) is 22.7. The molecule has 4 rings (SSSR count). The summed E-state index contributed by atoms with van der Waals surface area (Å²) in [5.74, 6) is 0.523. The van der Waals surface area contributed by atoms with Crippen molar-refractivity contribution in [3.63, 3.8) is 0 Å². The van der Waals surface area contributed by atoms with Gasteiger partial charge in [-0.25, -0.2) is 4.98 Å². The molecule has 8 nitrogen and oxygen atoms in total. The maximum absolute atomic E-state index is 12.6. The van der Waals surface area contributed by atoms with Gasteiger partial charge in [0, 0.05) is 38.0 Å². The first kappa shape index (κ1) is 22.2. The summed E-state index contributed by atoms with van der Waals surface area (Å²) in [6.45, 7) is 2.53. The van der Waals surface area contributed by atoms with Crippen LogP contribution in [0.15, 0.2) is 35.3 Å². The van der Waals surface area contributed by atoms with Crippen molar-refractivity contribution >= 4 is 17.0 Å². The van der Waals surface area contributed by atoms with Crippen LogP contribution in [0.2, 0.25) is 0 Å². The van der Waals surface area contributed by atoms with Crippen LogP contribution >= 0.6 is 0 Å². The minimum Gasteiger partial charge on any atom is -0.461 e. The lowest BCUT2D eigenvalue weighted by Crippen LogP contribution is -2.42. The number of fused-ring (bicyclic) bond motifs is 1. The van der Waals surface area contributed by atoms with Gasteiger partial charge < -0.3 is 19.0 Å². The number of ether oxygens (including phenoxy) is 2. The summed E-state index contributed by atoms with van der Waals surface area (Å²) in [6.07, 6.45) is 5.83. The molecule has 32 heavy (non-hydrogen) atoms. The van der Waals surface area contributed by atoms with Crippen LogP contribution in [0.25, 0.3) is 22.4 Å². The Bertz CT molecular complexity index is 1160. The molecule has 0 aliphatic heterocycles. The van der Waals surface area contributed by atoms with Gasteiger partial charge in [-0.1, -0.05) is 6.07 Å². The number of benzene rings is 1. The van der Waals surface area contributed by atoms with Gasteiger partial charge in [0.2, 0.25) is 0 Å². The van der Waals surface area contributed by atoms with Crippen LogP contribution in [-0.2, 0) is 27.9 Å². The lowest BCUT2D eigenvalue weighted by Gasteiger charge is -2.19. The largest absolute Gasteiger partial charge is 0.461 e. The van der Waals surface area contributed by atoms with Gasteiger partial charge in [-0.05, 0) is 56.4 Å². The number of carbonyl (C=O) groups is 1. The van der Waals surface area contributed by atoms with E-state index >= 15 is 0 Å². The highest BCUT2D eigenvalue weighted by Gasteiger charge is 2.25. The lowest BCUT2D eigenvalue weighted by atomic mass is 10.2. The van der Waals surface area contributed by atoms with Crippen LogP contribution in [0.4, 0.5) is 0 Å². The topological polar surface area (TPSA) is 98.2 Å². The van der Waals surface area contributed by atoms with Crippen LogP contribution in [0.5, 0.6) is 0 Å². The first-order valence-corrected chi connectivity index (χ1v) is 11.0. The minimum absolute atomic E-state index is 0.0310. The summed E-state index contributed by atoms with van der Waals surface area (Å²) in [4.78, 5) is 31.8. The number of methoxy groups -OCH3 is 1.